The third kappa shape index (κ3) is 2.81. The lowest BCUT2D eigenvalue weighted by Crippen LogP contribution is -2.41. The molecule has 7 nitrogen and oxygen atoms in total. The fraction of sp³-hybridized carbons (Fsp3) is 0.500. The molecule has 0 spiro atoms. The molecule has 0 saturated carbocycles. The lowest BCUT2D eigenvalue weighted by molar-refractivity contribution is -0.144. The molecule has 0 radical (unpaired) electrons. The molecule has 2 heterocycles. The van der Waals surface area contributed by atoms with Crippen molar-refractivity contribution in [3.05, 3.63) is 16.3 Å². The Hall–Kier alpha value is -1.45. The maximum absolute atomic E-state index is 12.7. The molecule has 9 heteroatoms. The van der Waals surface area contributed by atoms with Gasteiger partial charge in [0.1, 0.15) is 15.8 Å². The zero-order valence-electron chi connectivity index (χ0n) is 11.6. The molecule has 0 aromatic carbocycles. The quantitative estimate of drug-likeness (QED) is 0.759. The van der Waals surface area contributed by atoms with Crippen molar-refractivity contribution in [2.24, 2.45) is 0 Å². The minimum Gasteiger partial charge on any atom is -0.468 e. The number of carbonyl (C=O) groups is 2. The Kier molecular flexibility index (Phi) is 4.64. The zero-order chi connectivity index (χ0) is 15.6. The summed E-state index contributed by atoms with van der Waals surface area (Å²) < 4.78 is 35.7. The van der Waals surface area contributed by atoms with Gasteiger partial charge in [0.15, 0.2) is 0 Å². The highest BCUT2D eigenvalue weighted by atomic mass is 32.2. The molecule has 2 rings (SSSR count). The average molecular weight is 333 g/mol. The van der Waals surface area contributed by atoms with Gasteiger partial charge in [0.25, 0.3) is 0 Å². The number of esters is 2. The molecule has 0 N–H and O–H groups in total. The van der Waals surface area contributed by atoms with E-state index in [4.69, 9.17) is 0 Å². The Morgan fingerprint density at radius 1 is 1.33 bits per heavy atom. The minimum atomic E-state index is -3.94. The molecule has 21 heavy (non-hydrogen) atoms. The van der Waals surface area contributed by atoms with Crippen LogP contribution in [0, 0.1) is 0 Å². The number of hydrogen-bond donors (Lipinski definition) is 0. The Balaban J connectivity index is 2.41. The summed E-state index contributed by atoms with van der Waals surface area (Å²) in [4.78, 5) is 23.2. The normalized spacial score (nSPS) is 19.4. The van der Waals surface area contributed by atoms with E-state index < -0.39 is 28.0 Å². The summed E-state index contributed by atoms with van der Waals surface area (Å²) in [6.07, 6.45) is 0.973. The van der Waals surface area contributed by atoms with Crippen molar-refractivity contribution >= 4 is 33.3 Å². The first kappa shape index (κ1) is 15.9. The van der Waals surface area contributed by atoms with Crippen LogP contribution in [0.4, 0.5) is 0 Å². The molecule has 1 atom stereocenters. The van der Waals surface area contributed by atoms with Gasteiger partial charge in [0.05, 0.1) is 14.2 Å². The van der Waals surface area contributed by atoms with Crippen LogP contribution >= 0.6 is 11.3 Å². The molecule has 0 amide bonds. The van der Waals surface area contributed by atoms with Crippen LogP contribution in [0.25, 0.3) is 0 Å². The third-order valence-corrected chi connectivity index (χ3v) is 6.24. The molecule has 0 aliphatic carbocycles. The van der Waals surface area contributed by atoms with E-state index in [2.05, 4.69) is 9.47 Å². The monoisotopic (exact) mass is 333 g/mol. The molecule has 1 saturated heterocycles. The number of ether oxygens (including phenoxy) is 2. The average Bonchev–Trinajstić information content (AvgIpc) is 3.14. The van der Waals surface area contributed by atoms with Crippen LogP contribution in [0.15, 0.2) is 16.3 Å². The lowest BCUT2D eigenvalue weighted by atomic mass is 10.2. The molecular weight excluding hydrogens is 318 g/mol. The molecule has 1 unspecified atom stereocenters. The number of thiophene rings is 1. The molecule has 1 aliphatic rings. The molecule has 1 aromatic rings. The Morgan fingerprint density at radius 2 is 2.05 bits per heavy atom. The van der Waals surface area contributed by atoms with Crippen molar-refractivity contribution in [1.82, 2.24) is 4.31 Å². The second-order valence-electron chi connectivity index (χ2n) is 4.40. The van der Waals surface area contributed by atoms with Crippen LogP contribution in [0.2, 0.25) is 0 Å². The summed E-state index contributed by atoms with van der Waals surface area (Å²) in [6.45, 7) is 0.221. The van der Waals surface area contributed by atoms with E-state index in [1.54, 1.807) is 0 Å². The van der Waals surface area contributed by atoms with Gasteiger partial charge in [-0.1, -0.05) is 0 Å². The van der Waals surface area contributed by atoms with Crippen LogP contribution in [-0.4, -0.2) is 51.5 Å². The Morgan fingerprint density at radius 3 is 2.67 bits per heavy atom. The van der Waals surface area contributed by atoms with Crippen LogP contribution in [0.3, 0.4) is 0 Å². The summed E-state index contributed by atoms with van der Waals surface area (Å²) in [6, 6.07) is 0.504. The second-order valence-corrected chi connectivity index (χ2v) is 7.18. The van der Waals surface area contributed by atoms with Gasteiger partial charge in [-0.25, -0.2) is 13.2 Å². The van der Waals surface area contributed by atoms with Gasteiger partial charge >= 0.3 is 11.9 Å². The number of sulfonamides is 1. The van der Waals surface area contributed by atoms with Gasteiger partial charge in [-0.2, -0.15) is 4.31 Å². The van der Waals surface area contributed by atoms with E-state index in [0.717, 1.165) is 15.6 Å². The van der Waals surface area contributed by atoms with Gasteiger partial charge in [0, 0.05) is 6.54 Å². The molecule has 1 aromatic heterocycles. The van der Waals surface area contributed by atoms with Gasteiger partial charge in [-0.15, -0.1) is 11.3 Å². The van der Waals surface area contributed by atoms with Crippen molar-refractivity contribution < 1.29 is 27.5 Å². The third-order valence-electron chi connectivity index (χ3n) is 3.26. The lowest BCUT2D eigenvalue weighted by Gasteiger charge is -2.21. The number of methoxy groups -OCH3 is 2. The number of rotatable bonds is 4. The van der Waals surface area contributed by atoms with E-state index in [9.17, 15) is 18.0 Å². The van der Waals surface area contributed by atoms with Crippen LogP contribution in [0.1, 0.15) is 22.5 Å². The Bertz CT molecular complexity index is 650. The summed E-state index contributed by atoms with van der Waals surface area (Å²) >= 11 is 0.987. The SMILES string of the molecule is COC(=O)c1sccc1S(=O)(=O)N1CCCC1C(=O)OC. The fourth-order valence-electron chi connectivity index (χ4n) is 2.27. The van der Waals surface area contributed by atoms with Crippen molar-refractivity contribution in [3.63, 3.8) is 0 Å². The van der Waals surface area contributed by atoms with E-state index in [0.29, 0.717) is 12.8 Å². The molecule has 1 fully saturated rings. The van der Waals surface area contributed by atoms with E-state index in [-0.39, 0.29) is 16.3 Å². The highest BCUT2D eigenvalue weighted by Gasteiger charge is 2.41. The zero-order valence-corrected chi connectivity index (χ0v) is 13.2. The molecule has 0 bridgehead atoms. The maximum atomic E-state index is 12.7. The minimum absolute atomic E-state index is 0.00742. The predicted molar refractivity (Wildman–Crippen MR) is 74.6 cm³/mol. The van der Waals surface area contributed by atoms with Gasteiger partial charge in [-0.05, 0) is 24.3 Å². The van der Waals surface area contributed by atoms with Crippen LogP contribution in [-0.2, 0) is 24.3 Å². The highest BCUT2D eigenvalue weighted by molar-refractivity contribution is 7.89. The van der Waals surface area contributed by atoms with Gasteiger partial charge < -0.3 is 9.47 Å². The summed E-state index contributed by atoms with van der Waals surface area (Å²) in [7, 11) is -1.54. The smallest absolute Gasteiger partial charge is 0.349 e. The van der Waals surface area contributed by atoms with Gasteiger partial charge in [0.2, 0.25) is 10.0 Å². The number of nitrogens with zero attached hydrogens (tertiary/aromatic N) is 1. The Labute approximate surface area is 126 Å². The van der Waals surface area contributed by atoms with Crippen LogP contribution in [0.5, 0.6) is 0 Å². The largest absolute Gasteiger partial charge is 0.468 e. The summed E-state index contributed by atoms with van der Waals surface area (Å²) in [5.41, 5.74) is 0. The number of carbonyl (C=O) groups excluding carboxylic acids is 2. The summed E-state index contributed by atoms with van der Waals surface area (Å²) in [5, 5.41) is 1.50. The first-order valence-electron chi connectivity index (χ1n) is 6.19. The fourth-order valence-corrected chi connectivity index (χ4v) is 5.22. The molecular formula is C12H15NO6S2. The number of hydrogen-bond acceptors (Lipinski definition) is 7. The second kappa shape index (κ2) is 6.12. The summed E-state index contributed by atoms with van der Waals surface area (Å²) in [5.74, 6) is -1.30. The van der Waals surface area contributed by atoms with Gasteiger partial charge in [-0.3, -0.25) is 4.79 Å². The van der Waals surface area contributed by atoms with Crippen molar-refractivity contribution in [2.75, 3.05) is 20.8 Å². The van der Waals surface area contributed by atoms with Crippen molar-refractivity contribution in [3.8, 4) is 0 Å². The highest BCUT2D eigenvalue weighted by Crippen LogP contribution is 2.31. The van der Waals surface area contributed by atoms with E-state index in [1.165, 1.54) is 25.7 Å². The first-order chi connectivity index (χ1) is 9.93. The van der Waals surface area contributed by atoms with E-state index in [1.807, 2.05) is 0 Å². The first-order valence-corrected chi connectivity index (χ1v) is 8.51. The topological polar surface area (TPSA) is 90.0 Å². The van der Waals surface area contributed by atoms with E-state index >= 15 is 0 Å². The molecule has 116 valence electrons. The van der Waals surface area contributed by atoms with Crippen molar-refractivity contribution in [1.29, 1.82) is 0 Å². The predicted octanol–water partition coefficient (Wildman–Crippen LogP) is 0.861. The maximum Gasteiger partial charge on any atom is 0.349 e. The standard InChI is InChI=1S/C12H15NO6S2/c1-18-11(14)8-4-3-6-13(8)21(16,17)9-5-7-20-10(9)12(15)19-2/h5,7-8H,3-4,6H2,1-2H3. The van der Waals surface area contributed by atoms with Crippen molar-refractivity contribution in [2.45, 2.75) is 23.8 Å². The van der Waals surface area contributed by atoms with Crippen LogP contribution < -0.4 is 0 Å². The molecule has 1 aliphatic heterocycles.